The summed E-state index contributed by atoms with van der Waals surface area (Å²) in [5, 5.41) is 12.5. The normalized spacial score (nSPS) is 14.4. The van der Waals surface area contributed by atoms with Gasteiger partial charge >= 0.3 is 6.09 Å². The van der Waals surface area contributed by atoms with Crippen molar-refractivity contribution in [3.8, 4) is 11.4 Å². The Balaban J connectivity index is 1.24. The number of fused-ring (bicyclic) bond motifs is 1. The number of hydrogen-bond acceptors (Lipinski definition) is 10. The maximum absolute atomic E-state index is 13.1. The Bertz CT molecular complexity index is 1550. The molecule has 0 aliphatic carbocycles. The fourth-order valence-electron chi connectivity index (χ4n) is 4.63. The summed E-state index contributed by atoms with van der Waals surface area (Å²) in [7, 11) is 0. The van der Waals surface area contributed by atoms with Crippen molar-refractivity contribution in [2.75, 3.05) is 18.4 Å². The van der Waals surface area contributed by atoms with E-state index in [-0.39, 0.29) is 36.1 Å². The van der Waals surface area contributed by atoms with Crippen LogP contribution in [0.4, 0.5) is 10.6 Å². The summed E-state index contributed by atoms with van der Waals surface area (Å²) >= 11 is 0. The van der Waals surface area contributed by atoms with Gasteiger partial charge in [-0.15, -0.1) is 5.10 Å². The maximum atomic E-state index is 13.1. The van der Waals surface area contributed by atoms with E-state index in [1.807, 2.05) is 52.8 Å². The molecule has 0 saturated carbocycles. The second-order valence-corrected chi connectivity index (χ2v) is 11.5. The summed E-state index contributed by atoms with van der Waals surface area (Å²) in [4.78, 5) is 45.3. The van der Waals surface area contributed by atoms with Crippen LogP contribution >= 0.6 is 0 Å². The van der Waals surface area contributed by atoms with E-state index < -0.39 is 5.60 Å². The van der Waals surface area contributed by atoms with E-state index in [0.29, 0.717) is 54.3 Å². The van der Waals surface area contributed by atoms with Crippen molar-refractivity contribution in [3.63, 3.8) is 0 Å². The second kappa shape index (κ2) is 11.6. The van der Waals surface area contributed by atoms with Crippen molar-refractivity contribution in [1.82, 2.24) is 39.8 Å². The number of ketones is 1. The molecule has 214 valence electrons. The van der Waals surface area contributed by atoms with Gasteiger partial charge in [0, 0.05) is 30.7 Å². The lowest BCUT2D eigenvalue weighted by molar-refractivity contribution is 0.0184. The molecule has 1 aliphatic rings. The Morgan fingerprint density at radius 3 is 2.59 bits per heavy atom. The van der Waals surface area contributed by atoms with Crippen LogP contribution in [0.2, 0.25) is 0 Å². The highest BCUT2D eigenvalue weighted by Gasteiger charge is 2.28. The first-order valence-corrected chi connectivity index (χ1v) is 13.8. The van der Waals surface area contributed by atoms with Crippen LogP contribution < -0.4 is 5.32 Å². The molecule has 0 bridgehead atoms. The van der Waals surface area contributed by atoms with Gasteiger partial charge in [-0.05, 0) is 65.7 Å². The lowest BCUT2D eigenvalue weighted by Gasteiger charge is -2.33. The van der Waals surface area contributed by atoms with Gasteiger partial charge < -0.3 is 15.0 Å². The van der Waals surface area contributed by atoms with Gasteiger partial charge in [-0.25, -0.2) is 19.4 Å². The third kappa shape index (κ3) is 7.00. The average molecular weight is 558 g/mol. The molecule has 0 atom stereocenters. The Kier molecular flexibility index (Phi) is 7.91. The number of rotatable bonds is 7. The largest absolute Gasteiger partial charge is 0.444 e. The molecule has 4 aromatic heterocycles. The number of carbonyl (C=O) groups excluding carboxylic acids is 2. The van der Waals surface area contributed by atoms with Gasteiger partial charge in [0.1, 0.15) is 22.8 Å². The number of carbonyl (C=O) groups is 2. The second-order valence-electron chi connectivity index (χ2n) is 11.5. The highest BCUT2D eigenvalue weighted by atomic mass is 16.6. The lowest BCUT2D eigenvalue weighted by atomic mass is 10.1. The maximum Gasteiger partial charge on any atom is 0.410 e. The van der Waals surface area contributed by atoms with Crippen LogP contribution in [-0.2, 0) is 11.2 Å². The van der Waals surface area contributed by atoms with Gasteiger partial charge in [0.15, 0.2) is 5.78 Å². The zero-order chi connectivity index (χ0) is 29.1. The van der Waals surface area contributed by atoms with E-state index in [4.69, 9.17) is 9.72 Å². The Morgan fingerprint density at radius 1 is 1.07 bits per heavy atom. The van der Waals surface area contributed by atoms with E-state index in [1.165, 1.54) is 0 Å². The fraction of sp³-hybridized carbons (Fsp3) is 0.448. The number of aromatic nitrogens is 7. The number of ether oxygens (including phenoxy) is 1. The molecule has 4 aromatic rings. The third-order valence-electron chi connectivity index (χ3n) is 6.59. The van der Waals surface area contributed by atoms with Gasteiger partial charge in [0.05, 0.1) is 48.0 Å². The van der Waals surface area contributed by atoms with Crippen LogP contribution in [0.25, 0.3) is 22.3 Å². The van der Waals surface area contributed by atoms with E-state index in [9.17, 15) is 9.59 Å². The molecule has 0 spiro atoms. The van der Waals surface area contributed by atoms with Gasteiger partial charge in [0.2, 0.25) is 0 Å². The van der Waals surface area contributed by atoms with Crippen molar-refractivity contribution < 1.29 is 14.3 Å². The standard InChI is InChI=1S/C29H35N9O3/c1-18(2)32-27-16-30-15-24(34-27)22-7-6-19-14-31-20(12-23(19)33-22)13-26(39)25-17-38(36-35-25)21-8-10-37(11-9-21)28(40)41-29(3,4)5/h6-7,12,14-18,21H,8-11,13H2,1-5H3,(H,32,34). The number of piperidine rings is 1. The lowest BCUT2D eigenvalue weighted by Crippen LogP contribution is -2.42. The summed E-state index contributed by atoms with van der Waals surface area (Å²) in [6.07, 6.45) is 7.94. The van der Waals surface area contributed by atoms with Crippen LogP contribution in [0.1, 0.15) is 69.7 Å². The van der Waals surface area contributed by atoms with E-state index in [0.717, 1.165) is 5.39 Å². The summed E-state index contributed by atoms with van der Waals surface area (Å²) in [5.74, 6) is 0.505. The number of likely N-dealkylation sites (tertiary alicyclic amines) is 1. The highest BCUT2D eigenvalue weighted by molar-refractivity contribution is 5.95. The SMILES string of the molecule is CC(C)Nc1cncc(-c2ccc3cnc(CC(=O)c4cn(C5CCN(C(=O)OC(C)(C)C)CC5)nn4)cc3n2)n1. The van der Waals surface area contributed by atoms with Crippen molar-refractivity contribution in [2.24, 2.45) is 0 Å². The molecule has 41 heavy (non-hydrogen) atoms. The van der Waals surface area contributed by atoms with Gasteiger partial charge in [-0.3, -0.25) is 14.8 Å². The molecule has 0 radical (unpaired) electrons. The third-order valence-corrected chi connectivity index (χ3v) is 6.59. The number of amides is 1. The molecule has 5 rings (SSSR count). The first-order valence-electron chi connectivity index (χ1n) is 13.8. The number of hydrogen-bond donors (Lipinski definition) is 1. The van der Waals surface area contributed by atoms with Crippen molar-refractivity contribution in [2.45, 2.75) is 71.6 Å². The van der Waals surface area contributed by atoms with Crippen molar-refractivity contribution in [3.05, 3.63) is 54.4 Å². The molecule has 12 heteroatoms. The zero-order valence-electron chi connectivity index (χ0n) is 24.0. The van der Waals surface area contributed by atoms with E-state index >= 15 is 0 Å². The first-order chi connectivity index (χ1) is 19.5. The topological polar surface area (TPSA) is 141 Å². The minimum absolute atomic E-state index is 0.0569. The van der Waals surface area contributed by atoms with Crippen LogP contribution in [0.3, 0.4) is 0 Å². The molecule has 1 aliphatic heterocycles. The average Bonchev–Trinajstić information content (AvgIpc) is 3.42. The minimum atomic E-state index is -0.529. The van der Waals surface area contributed by atoms with E-state index in [2.05, 4.69) is 30.6 Å². The summed E-state index contributed by atoms with van der Waals surface area (Å²) in [6.45, 7) is 10.8. The van der Waals surface area contributed by atoms with Crippen LogP contribution in [0.15, 0.2) is 43.0 Å². The van der Waals surface area contributed by atoms with Crippen LogP contribution in [0.5, 0.6) is 0 Å². The predicted octanol–water partition coefficient (Wildman–Crippen LogP) is 4.50. The molecule has 1 saturated heterocycles. The smallest absolute Gasteiger partial charge is 0.410 e. The van der Waals surface area contributed by atoms with Crippen LogP contribution in [-0.4, -0.2) is 76.4 Å². The molecule has 0 unspecified atom stereocenters. The Morgan fingerprint density at radius 2 is 1.85 bits per heavy atom. The quantitative estimate of drug-likeness (QED) is 0.323. The summed E-state index contributed by atoms with van der Waals surface area (Å²) < 4.78 is 7.20. The molecular formula is C29H35N9O3. The molecule has 12 nitrogen and oxygen atoms in total. The summed E-state index contributed by atoms with van der Waals surface area (Å²) in [5.41, 5.74) is 2.40. The minimum Gasteiger partial charge on any atom is -0.444 e. The number of Topliss-reactive ketones (excluding diaryl/α,β-unsaturated/α-hetero) is 1. The Labute approximate surface area is 238 Å². The van der Waals surface area contributed by atoms with Crippen LogP contribution in [0, 0.1) is 0 Å². The van der Waals surface area contributed by atoms with Crippen molar-refractivity contribution in [1.29, 1.82) is 0 Å². The monoisotopic (exact) mass is 557 g/mol. The predicted molar refractivity (Wildman–Crippen MR) is 153 cm³/mol. The van der Waals surface area contributed by atoms with Gasteiger partial charge in [-0.1, -0.05) is 5.21 Å². The van der Waals surface area contributed by atoms with Crippen molar-refractivity contribution >= 4 is 28.6 Å². The first kappa shape index (κ1) is 28.1. The highest BCUT2D eigenvalue weighted by Crippen LogP contribution is 2.24. The number of nitrogens with zero attached hydrogens (tertiary/aromatic N) is 8. The number of anilines is 1. The zero-order valence-corrected chi connectivity index (χ0v) is 24.0. The molecular weight excluding hydrogens is 522 g/mol. The van der Waals surface area contributed by atoms with Gasteiger partial charge in [0.25, 0.3) is 0 Å². The molecule has 0 aromatic carbocycles. The molecule has 1 fully saturated rings. The number of nitrogens with one attached hydrogen (secondary N) is 1. The Hall–Kier alpha value is -4.48. The summed E-state index contributed by atoms with van der Waals surface area (Å²) in [6, 6.07) is 5.92. The fourth-order valence-corrected chi connectivity index (χ4v) is 4.63. The van der Waals surface area contributed by atoms with E-state index in [1.54, 1.807) is 34.4 Å². The number of pyridine rings is 2. The van der Waals surface area contributed by atoms with Gasteiger partial charge in [-0.2, -0.15) is 0 Å². The molecule has 1 N–H and O–H groups in total. The molecule has 5 heterocycles. The molecule has 1 amide bonds.